The number of amides is 1. The Morgan fingerprint density at radius 2 is 1.92 bits per heavy atom. The Balaban J connectivity index is 1.90. The minimum Gasteiger partial charge on any atom is -0.496 e. The van der Waals surface area contributed by atoms with Gasteiger partial charge in [0.05, 0.1) is 21.3 Å². The molecule has 0 N–H and O–H groups in total. The van der Waals surface area contributed by atoms with E-state index >= 15 is 0 Å². The van der Waals surface area contributed by atoms with Crippen molar-refractivity contribution in [1.82, 2.24) is 19.7 Å². The lowest BCUT2D eigenvalue weighted by Crippen LogP contribution is -2.33. The number of thioether (sulfide) groups is 1. The number of methoxy groups -OCH3 is 3. The Hall–Kier alpha value is -2.42. The smallest absolute Gasteiger partial charge is 0.245 e. The summed E-state index contributed by atoms with van der Waals surface area (Å²) in [6, 6.07) is 3.66. The van der Waals surface area contributed by atoms with Gasteiger partial charge < -0.3 is 19.1 Å². The molecule has 0 bridgehead atoms. The van der Waals surface area contributed by atoms with E-state index in [9.17, 15) is 4.79 Å². The summed E-state index contributed by atoms with van der Waals surface area (Å²) in [6.45, 7) is 0.826. The summed E-state index contributed by atoms with van der Waals surface area (Å²) in [5.74, 6) is 2.69. The van der Waals surface area contributed by atoms with E-state index in [2.05, 4.69) is 10.1 Å². The number of benzene rings is 1. The van der Waals surface area contributed by atoms with Crippen LogP contribution in [0, 0.1) is 0 Å². The molecule has 1 aliphatic heterocycles. The summed E-state index contributed by atoms with van der Waals surface area (Å²) in [6.07, 6.45) is 2.95. The van der Waals surface area contributed by atoms with Crippen LogP contribution in [0.5, 0.6) is 17.2 Å². The molecule has 1 atom stereocenters. The fourth-order valence-corrected chi connectivity index (χ4v) is 4.06. The molecule has 1 amide bonds. The van der Waals surface area contributed by atoms with Gasteiger partial charge in [0.2, 0.25) is 5.91 Å². The monoisotopic (exact) mass is 364 g/mol. The van der Waals surface area contributed by atoms with Gasteiger partial charge >= 0.3 is 0 Å². The number of carbonyl (C=O) groups excluding carboxylic acids is 1. The summed E-state index contributed by atoms with van der Waals surface area (Å²) in [5.41, 5.74) is 0.884. The van der Waals surface area contributed by atoms with Gasteiger partial charge in [-0.25, -0.2) is 9.67 Å². The highest BCUT2D eigenvalue weighted by Crippen LogP contribution is 2.46. The maximum atomic E-state index is 12.7. The minimum absolute atomic E-state index is 0.0164. The summed E-state index contributed by atoms with van der Waals surface area (Å²) >= 11 is 1.69. The van der Waals surface area contributed by atoms with E-state index in [0.717, 1.165) is 11.3 Å². The maximum Gasteiger partial charge on any atom is 0.245 e. The van der Waals surface area contributed by atoms with Crippen molar-refractivity contribution in [3.05, 3.63) is 30.4 Å². The van der Waals surface area contributed by atoms with E-state index in [-0.39, 0.29) is 17.8 Å². The molecule has 1 unspecified atom stereocenters. The molecule has 0 aliphatic carbocycles. The van der Waals surface area contributed by atoms with Crippen LogP contribution in [-0.4, -0.2) is 59.2 Å². The van der Waals surface area contributed by atoms with Crippen LogP contribution in [0.3, 0.4) is 0 Å². The van der Waals surface area contributed by atoms with Crippen molar-refractivity contribution in [2.45, 2.75) is 11.9 Å². The first-order valence-electron chi connectivity index (χ1n) is 7.71. The Labute approximate surface area is 150 Å². The van der Waals surface area contributed by atoms with Gasteiger partial charge in [-0.1, -0.05) is 0 Å². The third kappa shape index (κ3) is 3.51. The quantitative estimate of drug-likeness (QED) is 0.770. The zero-order chi connectivity index (χ0) is 17.8. The molecule has 1 aliphatic rings. The molecule has 134 valence electrons. The standard InChI is InChI=1S/C16H20N4O4S/c1-22-12-7-14(24-3)13(23-2)6-11(12)16-20(4-5-25-16)15(21)8-19-10-17-9-18-19/h6-7,9-10,16H,4-5,8H2,1-3H3. The predicted octanol–water partition coefficient (Wildman–Crippen LogP) is 1.58. The molecular formula is C16H20N4O4S. The van der Waals surface area contributed by atoms with Gasteiger partial charge in [-0.3, -0.25) is 4.79 Å². The highest BCUT2D eigenvalue weighted by Gasteiger charge is 2.33. The lowest BCUT2D eigenvalue weighted by Gasteiger charge is -2.26. The van der Waals surface area contributed by atoms with E-state index in [1.807, 2.05) is 11.0 Å². The fourth-order valence-electron chi connectivity index (χ4n) is 2.77. The van der Waals surface area contributed by atoms with E-state index < -0.39 is 0 Å². The summed E-state index contributed by atoms with van der Waals surface area (Å²) in [4.78, 5) is 18.4. The second kappa shape index (κ2) is 7.64. The molecule has 1 aromatic heterocycles. The topological polar surface area (TPSA) is 78.7 Å². The zero-order valence-corrected chi connectivity index (χ0v) is 15.2. The third-order valence-corrected chi connectivity index (χ3v) is 5.22. The number of hydrogen-bond donors (Lipinski definition) is 0. The van der Waals surface area contributed by atoms with Crippen LogP contribution in [0.15, 0.2) is 24.8 Å². The van der Waals surface area contributed by atoms with Gasteiger partial charge in [0.25, 0.3) is 0 Å². The van der Waals surface area contributed by atoms with Gasteiger partial charge in [0.15, 0.2) is 11.5 Å². The van der Waals surface area contributed by atoms with E-state index in [4.69, 9.17) is 14.2 Å². The van der Waals surface area contributed by atoms with E-state index in [0.29, 0.717) is 23.8 Å². The number of rotatable bonds is 6. The summed E-state index contributed by atoms with van der Waals surface area (Å²) in [7, 11) is 4.77. The number of nitrogens with zero attached hydrogens (tertiary/aromatic N) is 4. The molecule has 1 aromatic carbocycles. The van der Waals surface area contributed by atoms with Crippen LogP contribution in [0.2, 0.25) is 0 Å². The van der Waals surface area contributed by atoms with E-state index in [1.165, 1.54) is 17.3 Å². The second-order valence-corrected chi connectivity index (χ2v) is 6.54. The second-order valence-electron chi connectivity index (χ2n) is 5.35. The van der Waals surface area contributed by atoms with E-state index in [1.54, 1.807) is 39.2 Å². The highest BCUT2D eigenvalue weighted by molar-refractivity contribution is 7.99. The molecule has 0 spiro atoms. The molecule has 1 saturated heterocycles. The van der Waals surface area contributed by atoms with Gasteiger partial charge in [-0.05, 0) is 6.07 Å². The average Bonchev–Trinajstić information content (AvgIpc) is 3.31. The Bertz CT molecular complexity index is 738. The zero-order valence-electron chi connectivity index (χ0n) is 14.3. The van der Waals surface area contributed by atoms with Crippen molar-refractivity contribution >= 4 is 17.7 Å². The summed E-state index contributed by atoms with van der Waals surface area (Å²) in [5, 5.41) is 3.85. The molecule has 25 heavy (non-hydrogen) atoms. The van der Waals surface area contributed by atoms with Crippen molar-refractivity contribution in [2.75, 3.05) is 33.6 Å². The lowest BCUT2D eigenvalue weighted by molar-refractivity contribution is -0.132. The predicted molar refractivity (Wildman–Crippen MR) is 93.0 cm³/mol. The minimum atomic E-state index is -0.147. The Morgan fingerprint density at radius 1 is 1.20 bits per heavy atom. The van der Waals surface area contributed by atoms with Gasteiger partial charge in [-0.15, -0.1) is 11.8 Å². The molecule has 2 aromatic rings. The molecule has 8 nitrogen and oxygen atoms in total. The first kappa shape index (κ1) is 17.4. The fraction of sp³-hybridized carbons (Fsp3) is 0.438. The number of ether oxygens (including phenoxy) is 3. The SMILES string of the molecule is COc1cc(OC)c(C2SCCN2C(=O)Cn2cncn2)cc1OC. The normalized spacial score (nSPS) is 16.8. The molecule has 3 rings (SSSR count). The largest absolute Gasteiger partial charge is 0.496 e. The van der Waals surface area contributed by atoms with Crippen molar-refractivity contribution in [3.8, 4) is 17.2 Å². The van der Waals surface area contributed by atoms with Crippen LogP contribution < -0.4 is 14.2 Å². The molecule has 0 radical (unpaired) electrons. The molecular weight excluding hydrogens is 344 g/mol. The van der Waals surface area contributed by atoms with Crippen LogP contribution >= 0.6 is 11.8 Å². The number of carbonyl (C=O) groups is 1. The van der Waals surface area contributed by atoms with Crippen LogP contribution in [0.25, 0.3) is 0 Å². The van der Waals surface area contributed by atoms with Gasteiger partial charge in [-0.2, -0.15) is 5.10 Å². The maximum absolute atomic E-state index is 12.7. The van der Waals surface area contributed by atoms with Crippen LogP contribution in [0.4, 0.5) is 0 Å². The molecule has 0 saturated carbocycles. The lowest BCUT2D eigenvalue weighted by atomic mass is 10.1. The molecule has 2 heterocycles. The first-order chi connectivity index (χ1) is 12.2. The molecule has 1 fully saturated rings. The van der Waals surface area contributed by atoms with Crippen LogP contribution in [-0.2, 0) is 11.3 Å². The first-order valence-corrected chi connectivity index (χ1v) is 8.76. The Morgan fingerprint density at radius 3 is 2.56 bits per heavy atom. The van der Waals surface area contributed by atoms with Gasteiger partial charge in [0, 0.05) is 23.9 Å². The molecule has 9 heteroatoms. The number of aromatic nitrogens is 3. The van der Waals surface area contributed by atoms with Crippen molar-refractivity contribution < 1.29 is 19.0 Å². The number of hydrogen-bond acceptors (Lipinski definition) is 7. The van der Waals surface area contributed by atoms with Crippen molar-refractivity contribution in [3.63, 3.8) is 0 Å². The highest BCUT2D eigenvalue weighted by atomic mass is 32.2. The third-order valence-electron chi connectivity index (χ3n) is 3.98. The average molecular weight is 364 g/mol. The Kier molecular flexibility index (Phi) is 5.32. The summed E-state index contributed by atoms with van der Waals surface area (Å²) < 4.78 is 17.8. The van der Waals surface area contributed by atoms with Crippen LogP contribution in [0.1, 0.15) is 10.9 Å². The van der Waals surface area contributed by atoms with Gasteiger partial charge in [0.1, 0.15) is 30.3 Å². The van der Waals surface area contributed by atoms with Crippen molar-refractivity contribution in [2.24, 2.45) is 0 Å². The van der Waals surface area contributed by atoms with Crippen molar-refractivity contribution in [1.29, 1.82) is 0 Å².